The number of thioether (sulfide) groups is 1. The van der Waals surface area contributed by atoms with Crippen LogP contribution in [0.4, 0.5) is 0 Å². The Balaban J connectivity index is 2.18. The maximum atomic E-state index is 12.1. The maximum absolute atomic E-state index is 12.1. The minimum atomic E-state index is -0.503. The van der Waals surface area contributed by atoms with Crippen LogP contribution in [0, 0.1) is 11.3 Å². The molecule has 1 atom stereocenters. The smallest absolute Gasteiger partial charge is 0.265 e. The summed E-state index contributed by atoms with van der Waals surface area (Å²) < 4.78 is 5.12. The minimum absolute atomic E-state index is 0.0360. The van der Waals surface area contributed by atoms with Crippen LogP contribution in [-0.2, 0) is 16.1 Å². The molecule has 1 aromatic heterocycles. The van der Waals surface area contributed by atoms with E-state index in [1.165, 1.54) is 22.9 Å². The van der Waals surface area contributed by atoms with Crippen LogP contribution in [0.15, 0.2) is 33.4 Å². The first-order valence-electron chi connectivity index (χ1n) is 6.51. The molecule has 2 rings (SSSR count). The third-order valence-electron chi connectivity index (χ3n) is 3.02. The largest absolute Gasteiger partial charge is 0.467 e. The van der Waals surface area contributed by atoms with Crippen LogP contribution in [0.2, 0.25) is 0 Å². The topological polar surface area (TPSA) is 86.3 Å². The molecule has 0 aromatic carbocycles. The molecule has 1 aliphatic heterocycles. The average Bonchev–Trinajstić information content (AvgIpc) is 3.07. The van der Waals surface area contributed by atoms with Crippen LogP contribution >= 0.6 is 11.8 Å². The summed E-state index contributed by atoms with van der Waals surface area (Å²) in [7, 11) is 0. The SMILES string of the molecule is CCN1C(=O)[C@H](C)S/C1=C(/C#N)C(=O)NCc1ccco1. The van der Waals surface area contributed by atoms with Gasteiger partial charge in [0, 0.05) is 6.54 Å². The number of amides is 2. The molecule has 7 heteroatoms. The van der Waals surface area contributed by atoms with E-state index in [4.69, 9.17) is 4.42 Å². The fourth-order valence-corrected chi connectivity index (χ4v) is 3.12. The van der Waals surface area contributed by atoms with E-state index in [9.17, 15) is 14.9 Å². The van der Waals surface area contributed by atoms with Crippen molar-refractivity contribution in [2.24, 2.45) is 0 Å². The molecule has 0 bridgehead atoms. The summed E-state index contributed by atoms with van der Waals surface area (Å²) >= 11 is 1.24. The third-order valence-corrected chi connectivity index (χ3v) is 4.22. The molecule has 21 heavy (non-hydrogen) atoms. The molecule has 1 N–H and O–H groups in total. The number of nitrogens with one attached hydrogen (secondary N) is 1. The number of hydrogen-bond donors (Lipinski definition) is 1. The van der Waals surface area contributed by atoms with Crippen LogP contribution in [0.1, 0.15) is 19.6 Å². The molecule has 0 unspecified atom stereocenters. The van der Waals surface area contributed by atoms with Crippen molar-refractivity contribution in [1.29, 1.82) is 5.26 Å². The second kappa shape index (κ2) is 6.50. The summed E-state index contributed by atoms with van der Waals surface area (Å²) in [6.07, 6.45) is 1.51. The van der Waals surface area contributed by atoms with Gasteiger partial charge in [0.2, 0.25) is 5.91 Å². The Morgan fingerprint density at radius 1 is 1.62 bits per heavy atom. The molecule has 0 radical (unpaired) electrons. The Morgan fingerprint density at radius 3 is 2.95 bits per heavy atom. The van der Waals surface area contributed by atoms with E-state index in [2.05, 4.69) is 5.32 Å². The Kier molecular flexibility index (Phi) is 4.70. The summed E-state index contributed by atoms with van der Waals surface area (Å²) in [5, 5.41) is 12.0. The van der Waals surface area contributed by atoms with Crippen LogP contribution in [0.5, 0.6) is 0 Å². The van der Waals surface area contributed by atoms with Gasteiger partial charge in [-0.25, -0.2) is 0 Å². The molecule has 1 aliphatic rings. The second-order valence-corrected chi connectivity index (χ2v) is 5.73. The number of carbonyl (C=O) groups is 2. The van der Waals surface area contributed by atoms with Gasteiger partial charge in [-0.05, 0) is 26.0 Å². The molecule has 1 fully saturated rings. The van der Waals surface area contributed by atoms with Gasteiger partial charge in [-0.3, -0.25) is 9.59 Å². The minimum Gasteiger partial charge on any atom is -0.467 e. The van der Waals surface area contributed by atoms with Crippen LogP contribution in [-0.4, -0.2) is 28.5 Å². The highest BCUT2D eigenvalue weighted by Gasteiger charge is 2.36. The van der Waals surface area contributed by atoms with E-state index in [1.54, 1.807) is 19.1 Å². The van der Waals surface area contributed by atoms with E-state index in [0.717, 1.165) is 0 Å². The molecular weight excluding hydrogens is 290 g/mol. The molecule has 6 nitrogen and oxygen atoms in total. The fourth-order valence-electron chi connectivity index (χ4n) is 1.96. The standard InChI is InChI=1S/C14H15N3O3S/c1-3-17-13(19)9(2)21-14(17)11(7-15)12(18)16-8-10-5-4-6-20-10/h4-6,9H,3,8H2,1-2H3,(H,16,18)/b14-11-/t9-/m0/s1. The Morgan fingerprint density at radius 2 is 2.38 bits per heavy atom. The summed E-state index contributed by atoms with van der Waals surface area (Å²) in [4.78, 5) is 25.6. The average molecular weight is 305 g/mol. The monoisotopic (exact) mass is 305 g/mol. The van der Waals surface area contributed by atoms with Crippen LogP contribution < -0.4 is 5.32 Å². The summed E-state index contributed by atoms with van der Waals surface area (Å²) in [5.74, 6) is 0.0161. The van der Waals surface area contributed by atoms with E-state index >= 15 is 0 Å². The molecule has 2 heterocycles. The molecule has 110 valence electrons. The molecule has 2 amide bonds. The first-order chi connectivity index (χ1) is 10.1. The van der Waals surface area contributed by atoms with Crippen LogP contribution in [0.25, 0.3) is 0 Å². The highest BCUT2D eigenvalue weighted by Crippen LogP contribution is 2.36. The molecule has 0 spiro atoms. The number of hydrogen-bond acceptors (Lipinski definition) is 5. The van der Waals surface area contributed by atoms with Crippen molar-refractivity contribution >= 4 is 23.6 Å². The van der Waals surface area contributed by atoms with Crippen molar-refractivity contribution in [3.05, 3.63) is 34.8 Å². The normalized spacial score (nSPS) is 20.3. The van der Waals surface area contributed by atoms with Gasteiger partial charge in [-0.2, -0.15) is 5.26 Å². The van der Waals surface area contributed by atoms with Crippen molar-refractivity contribution in [1.82, 2.24) is 10.2 Å². The molecule has 1 aromatic rings. The number of rotatable bonds is 4. The van der Waals surface area contributed by atoms with Gasteiger partial charge in [0.15, 0.2) is 0 Å². The third kappa shape index (κ3) is 3.11. The van der Waals surface area contributed by atoms with Crippen molar-refractivity contribution < 1.29 is 14.0 Å². The van der Waals surface area contributed by atoms with E-state index in [0.29, 0.717) is 17.3 Å². The van der Waals surface area contributed by atoms with E-state index in [-0.39, 0.29) is 23.3 Å². The predicted molar refractivity (Wildman–Crippen MR) is 77.6 cm³/mol. The lowest BCUT2D eigenvalue weighted by molar-refractivity contribution is -0.127. The zero-order valence-corrected chi connectivity index (χ0v) is 12.6. The lowest BCUT2D eigenvalue weighted by Gasteiger charge is -2.15. The van der Waals surface area contributed by atoms with Gasteiger partial charge < -0.3 is 14.6 Å². The van der Waals surface area contributed by atoms with Crippen molar-refractivity contribution in [3.8, 4) is 6.07 Å². The number of nitrogens with zero attached hydrogens (tertiary/aromatic N) is 2. The Labute approximate surface area is 126 Å². The highest BCUT2D eigenvalue weighted by atomic mass is 32.2. The van der Waals surface area contributed by atoms with Gasteiger partial charge in [0.25, 0.3) is 5.91 Å². The maximum Gasteiger partial charge on any atom is 0.265 e. The lowest BCUT2D eigenvalue weighted by Crippen LogP contribution is -2.30. The van der Waals surface area contributed by atoms with Gasteiger partial charge in [0.05, 0.1) is 18.1 Å². The summed E-state index contributed by atoms with van der Waals surface area (Å²) in [5.41, 5.74) is -0.0360. The Bertz CT molecular complexity index is 616. The van der Waals surface area contributed by atoms with Crippen molar-refractivity contribution in [2.45, 2.75) is 25.6 Å². The zero-order valence-electron chi connectivity index (χ0n) is 11.8. The zero-order chi connectivity index (χ0) is 15.4. The van der Waals surface area contributed by atoms with Crippen molar-refractivity contribution in [2.75, 3.05) is 6.54 Å². The van der Waals surface area contributed by atoms with E-state index in [1.807, 2.05) is 13.0 Å². The number of carbonyl (C=O) groups excluding carboxylic acids is 2. The first kappa shape index (κ1) is 15.2. The van der Waals surface area contributed by atoms with Gasteiger partial charge >= 0.3 is 0 Å². The fraction of sp³-hybridized carbons (Fsp3) is 0.357. The first-order valence-corrected chi connectivity index (χ1v) is 7.39. The van der Waals surface area contributed by atoms with Gasteiger partial charge in [0.1, 0.15) is 22.4 Å². The predicted octanol–water partition coefficient (Wildman–Crippen LogP) is 1.61. The molecule has 0 aliphatic carbocycles. The Hall–Kier alpha value is -2.20. The lowest BCUT2D eigenvalue weighted by atomic mass is 10.2. The molecular formula is C14H15N3O3S. The van der Waals surface area contributed by atoms with E-state index < -0.39 is 5.91 Å². The molecule has 1 saturated heterocycles. The molecule has 0 saturated carbocycles. The summed E-state index contributed by atoms with van der Waals surface area (Å²) in [6.45, 7) is 4.21. The van der Waals surface area contributed by atoms with Crippen LogP contribution in [0.3, 0.4) is 0 Å². The van der Waals surface area contributed by atoms with Gasteiger partial charge in [-0.1, -0.05) is 11.8 Å². The number of nitriles is 1. The van der Waals surface area contributed by atoms with Gasteiger partial charge in [-0.15, -0.1) is 0 Å². The highest BCUT2D eigenvalue weighted by molar-refractivity contribution is 8.04. The quantitative estimate of drug-likeness (QED) is 0.674. The number of furan rings is 1. The second-order valence-electron chi connectivity index (χ2n) is 4.40. The van der Waals surface area contributed by atoms with Crippen molar-refractivity contribution in [3.63, 3.8) is 0 Å². The summed E-state index contributed by atoms with van der Waals surface area (Å²) in [6, 6.07) is 5.35.